The van der Waals surface area contributed by atoms with Crippen molar-refractivity contribution in [1.29, 1.82) is 0 Å². The molecular formula is C14H13N5S. The van der Waals surface area contributed by atoms with Crippen molar-refractivity contribution < 1.29 is 0 Å². The van der Waals surface area contributed by atoms with Gasteiger partial charge >= 0.3 is 0 Å². The van der Waals surface area contributed by atoms with E-state index >= 15 is 0 Å². The monoisotopic (exact) mass is 283 g/mol. The van der Waals surface area contributed by atoms with Gasteiger partial charge in [-0.3, -0.25) is 0 Å². The normalized spacial score (nSPS) is 21.2. The number of nitrogens with zero attached hydrogens (tertiary/aromatic N) is 4. The third-order valence-corrected chi connectivity index (χ3v) is 4.60. The van der Waals surface area contributed by atoms with Gasteiger partial charge in [-0.05, 0) is 33.9 Å². The second-order valence-electron chi connectivity index (χ2n) is 4.82. The molecule has 0 fully saturated rings. The fourth-order valence-electron chi connectivity index (χ4n) is 2.66. The maximum Gasteiger partial charge on any atom is 0.244 e. The minimum absolute atomic E-state index is 0.200. The summed E-state index contributed by atoms with van der Waals surface area (Å²) in [5.41, 5.74) is 1.27. The third kappa shape index (κ3) is 1.89. The Labute approximate surface area is 120 Å². The molecule has 1 aromatic carbocycles. The first-order valence-corrected chi connectivity index (χ1v) is 7.42. The second-order valence-corrected chi connectivity index (χ2v) is 5.80. The Morgan fingerprint density at radius 2 is 2.05 bits per heavy atom. The van der Waals surface area contributed by atoms with E-state index in [4.69, 9.17) is 0 Å². The van der Waals surface area contributed by atoms with Crippen LogP contribution in [0.1, 0.15) is 28.9 Å². The summed E-state index contributed by atoms with van der Waals surface area (Å²) in [6.45, 7) is 0. The van der Waals surface area contributed by atoms with Gasteiger partial charge in [0.25, 0.3) is 0 Å². The van der Waals surface area contributed by atoms with Crippen LogP contribution in [0.3, 0.4) is 0 Å². The Morgan fingerprint density at radius 3 is 2.85 bits per heavy atom. The van der Waals surface area contributed by atoms with E-state index in [0.29, 0.717) is 0 Å². The van der Waals surface area contributed by atoms with Crippen molar-refractivity contribution in [3.8, 4) is 0 Å². The third-order valence-electron chi connectivity index (χ3n) is 3.62. The molecule has 100 valence electrons. The van der Waals surface area contributed by atoms with Crippen LogP contribution in [0, 0.1) is 0 Å². The minimum Gasteiger partial charge on any atom is -0.346 e. The lowest BCUT2D eigenvalue weighted by atomic mass is 9.97. The van der Waals surface area contributed by atoms with E-state index in [1.54, 1.807) is 11.3 Å². The number of thiophene rings is 1. The van der Waals surface area contributed by atoms with Crippen molar-refractivity contribution >= 4 is 17.3 Å². The molecule has 0 spiro atoms. The van der Waals surface area contributed by atoms with Crippen molar-refractivity contribution in [3.63, 3.8) is 0 Å². The highest BCUT2D eigenvalue weighted by molar-refractivity contribution is 7.10. The predicted octanol–water partition coefficient (Wildman–Crippen LogP) is 2.88. The number of tetrazole rings is 1. The Hall–Kier alpha value is -2.21. The van der Waals surface area contributed by atoms with Crippen LogP contribution in [0.15, 0.2) is 47.8 Å². The second kappa shape index (κ2) is 4.72. The predicted molar refractivity (Wildman–Crippen MR) is 77.7 cm³/mol. The molecule has 0 unspecified atom stereocenters. The van der Waals surface area contributed by atoms with E-state index in [1.807, 2.05) is 10.7 Å². The maximum atomic E-state index is 4.12. The number of benzene rings is 1. The van der Waals surface area contributed by atoms with Crippen LogP contribution in [0.5, 0.6) is 0 Å². The lowest BCUT2D eigenvalue weighted by Gasteiger charge is -2.30. The smallest absolute Gasteiger partial charge is 0.244 e. The van der Waals surface area contributed by atoms with Crippen LogP contribution >= 0.6 is 11.3 Å². The summed E-state index contributed by atoms with van der Waals surface area (Å²) in [6, 6.07) is 15.1. The van der Waals surface area contributed by atoms with E-state index < -0.39 is 0 Å². The number of nitrogens with one attached hydrogen (secondary N) is 1. The highest BCUT2D eigenvalue weighted by atomic mass is 32.1. The van der Waals surface area contributed by atoms with Gasteiger partial charge < -0.3 is 5.32 Å². The number of anilines is 1. The molecular weight excluding hydrogens is 270 g/mol. The Kier molecular flexibility index (Phi) is 2.74. The molecule has 1 aliphatic rings. The Morgan fingerprint density at radius 1 is 1.15 bits per heavy atom. The summed E-state index contributed by atoms with van der Waals surface area (Å²) in [5, 5.41) is 17.5. The molecule has 1 aliphatic heterocycles. The van der Waals surface area contributed by atoms with Crippen LogP contribution in [0.25, 0.3) is 0 Å². The lowest BCUT2D eigenvalue weighted by Crippen LogP contribution is -2.27. The van der Waals surface area contributed by atoms with Gasteiger partial charge in [-0.15, -0.1) is 11.3 Å². The van der Waals surface area contributed by atoms with E-state index in [1.165, 1.54) is 10.4 Å². The maximum absolute atomic E-state index is 4.12. The molecule has 3 aromatic rings. The van der Waals surface area contributed by atoms with Crippen LogP contribution < -0.4 is 5.32 Å². The van der Waals surface area contributed by atoms with Gasteiger partial charge in [-0.25, -0.2) is 4.68 Å². The number of aromatic nitrogens is 4. The molecule has 0 saturated heterocycles. The summed E-state index contributed by atoms with van der Waals surface area (Å²) in [7, 11) is 0. The largest absolute Gasteiger partial charge is 0.346 e. The number of hydrogen-bond donors (Lipinski definition) is 1. The van der Waals surface area contributed by atoms with Crippen molar-refractivity contribution in [2.45, 2.75) is 18.5 Å². The SMILES string of the molecule is c1ccc([C@H]2C[C@H](c3cccs3)n3nnnc3N2)cc1. The van der Waals surface area contributed by atoms with Gasteiger partial charge in [0.05, 0.1) is 12.1 Å². The molecule has 4 rings (SSSR count). The number of hydrogen-bond acceptors (Lipinski definition) is 5. The molecule has 20 heavy (non-hydrogen) atoms. The van der Waals surface area contributed by atoms with Crippen LogP contribution in [0.4, 0.5) is 5.95 Å². The van der Waals surface area contributed by atoms with Gasteiger partial charge in [0.1, 0.15) is 0 Å². The topological polar surface area (TPSA) is 55.6 Å². The number of rotatable bonds is 2. The molecule has 0 saturated carbocycles. The zero-order chi connectivity index (χ0) is 13.4. The van der Waals surface area contributed by atoms with Crippen molar-refractivity contribution in [1.82, 2.24) is 20.2 Å². The van der Waals surface area contributed by atoms with Gasteiger partial charge in [-0.1, -0.05) is 41.5 Å². The molecule has 1 N–H and O–H groups in total. The fourth-order valence-corrected chi connectivity index (χ4v) is 3.48. The quantitative estimate of drug-likeness (QED) is 0.785. The van der Waals surface area contributed by atoms with E-state index in [9.17, 15) is 0 Å². The molecule has 0 aliphatic carbocycles. The van der Waals surface area contributed by atoms with E-state index in [-0.39, 0.29) is 12.1 Å². The van der Waals surface area contributed by atoms with Gasteiger partial charge in [0.15, 0.2) is 0 Å². The zero-order valence-corrected chi connectivity index (χ0v) is 11.5. The highest BCUT2D eigenvalue weighted by Crippen LogP contribution is 2.38. The molecule has 6 heteroatoms. The first-order chi connectivity index (χ1) is 9.92. The van der Waals surface area contributed by atoms with Crippen molar-refractivity contribution in [2.24, 2.45) is 0 Å². The summed E-state index contributed by atoms with van der Waals surface area (Å²) >= 11 is 1.75. The summed E-state index contributed by atoms with van der Waals surface area (Å²) in [5.74, 6) is 0.739. The van der Waals surface area contributed by atoms with E-state index in [0.717, 1.165) is 12.4 Å². The summed E-state index contributed by atoms with van der Waals surface area (Å²) in [6.07, 6.45) is 0.947. The summed E-state index contributed by atoms with van der Waals surface area (Å²) in [4.78, 5) is 1.29. The first-order valence-electron chi connectivity index (χ1n) is 6.54. The molecule has 5 nitrogen and oxygen atoms in total. The van der Waals surface area contributed by atoms with Gasteiger partial charge in [-0.2, -0.15) is 0 Å². The van der Waals surface area contributed by atoms with Crippen molar-refractivity contribution in [3.05, 3.63) is 58.3 Å². The fraction of sp³-hybridized carbons (Fsp3) is 0.214. The molecule has 0 radical (unpaired) electrons. The molecule has 2 aromatic heterocycles. The summed E-state index contributed by atoms with van der Waals surface area (Å²) < 4.78 is 1.88. The highest BCUT2D eigenvalue weighted by Gasteiger charge is 2.30. The average molecular weight is 283 g/mol. The van der Waals surface area contributed by atoms with Crippen molar-refractivity contribution in [2.75, 3.05) is 5.32 Å². The number of fused-ring (bicyclic) bond motifs is 1. The molecule has 0 amide bonds. The van der Waals surface area contributed by atoms with Crippen LogP contribution in [0.2, 0.25) is 0 Å². The van der Waals surface area contributed by atoms with Crippen LogP contribution in [-0.2, 0) is 0 Å². The lowest BCUT2D eigenvalue weighted by molar-refractivity contribution is 0.429. The molecule has 2 atom stereocenters. The van der Waals surface area contributed by atoms with Gasteiger partial charge in [0.2, 0.25) is 5.95 Å². The van der Waals surface area contributed by atoms with E-state index in [2.05, 4.69) is 62.6 Å². The van der Waals surface area contributed by atoms with Gasteiger partial charge in [0, 0.05) is 4.88 Å². The minimum atomic E-state index is 0.200. The first kappa shape index (κ1) is 11.6. The molecule has 3 heterocycles. The zero-order valence-electron chi connectivity index (χ0n) is 10.7. The molecule has 0 bridgehead atoms. The van der Waals surface area contributed by atoms with Crippen LogP contribution in [-0.4, -0.2) is 20.2 Å². The average Bonchev–Trinajstić information content (AvgIpc) is 3.18. The Bertz CT molecular complexity index is 691. The Balaban J connectivity index is 1.74. The standard InChI is InChI=1S/C14H13N5S/c1-2-5-10(6-3-1)11-9-12(13-7-4-8-20-13)19-14(15-11)16-17-18-19/h1-8,11-12H,9H2,(H,15,16,18)/t11-,12-/m1/s1.